The van der Waals surface area contributed by atoms with Gasteiger partial charge < -0.3 is 0 Å². The predicted molar refractivity (Wildman–Crippen MR) is 81.0 cm³/mol. The van der Waals surface area contributed by atoms with E-state index in [-0.39, 0.29) is 11.0 Å². The fraction of sp³-hybridized carbons (Fsp3) is 0.647. The van der Waals surface area contributed by atoms with Crippen molar-refractivity contribution in [1.29, 1.82) is 0 Å². The second-order valence-corrected chi connectivity index (χ2v) is 9.66. The highest BCUT2D eigenvalue weighted by Crippen LogP contribution is 2.77. The summed E-state index contributed by atoms with van der Waals surface area (Å²) in [6.07, 6.45) is 7.76. The van der Waals surface area contributed by atoms with E-state index < -0.39 is 9.84 Å². The van der Waals surface area contributed by atoms with Crippen LogP contribution in [0.2, 0.25) is 0 Å². The van der Waals surface area contributed by atoms with Crippen molar-refractivity contribution in [3.63, 3.8) is 0 Å². The fourth-order valence-electron chi connectivity index (χ4n) is 6.18. The smallest absolute Gasteiger partial charge is 0.175 e. The lowest BCUT2D eigenvalue weighted by atomic mass is 9.63. The van der Waals surface area contributed by atoms with E-state index in [1.807, 2.05) is 12.1 Å². The lowest BCUT2D eigenvalue weighted by Gasteiger charge is -2.41. The molecule has 0 amide bonds. The van der Waals surface area contributed by atoms with Crippen LogP contribution in [0.4, 0.5) is 0 Å². The van der Waals surface area contributed by atoms with E-state index in [2.05, 4.69) is 18.0 Å². The van der Waals surface area contributed by atoms with E-state index in [4.69, 9.17) is 0 Å². The highest BCUT2D eigenvalue weighted by atomic mass is 32.2. The van der Waals surface area contributed by atoms with Crippen LogP contribution in [-0.2, 0) is 20.8 Å². The second-order valence-electron chi connectivity index (χ2n) is 7.64. The Morgan fingerprint density at radius 1 is 1.24 bits per heavy atom. The van der Waals surface area contributed by atoms with Crippen LogP contribution in [0, 0.1) is 5.92 Å². The normalized spacial score (nSPS) is 45.9. The van der Waals surface area contributed by atoms with Gasteiger partial charge >= 0.3 is 0 Å². The van der Waals surface area contributed by atoms with Gasteiger partial charge in [-0.05, 0) is 55.5 Å². The minimum absolute atomic E-state index is 0.250. The maximum atomic E-state index is 11.9. The molecule has 0 N–H and O–H groups in total. The largest absolute Gasteiger partial charge is 0.290 e. The molecule has 3 aliphatic carbocycles. The number of hydrogen-bond donors (Lipinski definition) is 0. The summed E-state index contributed by atoms with van der Waals surface area (Å²) in [7, 11) is -0.863. The quantitative estimate of drug-likeness (QED) is 0.748. The molecule has 1 saturated heterocycles. The molecular formula is C17H21NO2S. The Balaban J connectivity index is 1.77. The van der Waals surface area contributed by atoms with Gasteiger partial charge in [-0.15, -0.1) is 0 Å². The minimum atomic E-state index is -3.12. The molecule has 4 heteroatoms. The standard InChI is InChI=1S/C17H21NO2S/c1-18-15-13-5-3-4-8-16(13)10-17(15,18)12-7-6-11(9-14(12)16)21(2,19)20/h6-7,9,13,15H,3-5,8,10H2,1-2H3/t13-,15-,16+,17?,18?/m1/s1. The molecule has 4 aliphatic rings. The molecule has 0 radical (unpaired) electrons. The van der Waals surface area contributed by atoms with Crippen LogP contribution in [0.25, 0.3) is 0 Å². The Labute approximate surface area is 126 Å². The van der Waals surface area contributed by atoms with Crippen molar-refractivity contribution in [2.45, 2.75) is 54.0 Å². The summed E-state index contributed by atoms with van der Waals surface area (Å²) < 4.78 is 23.9. The zero-order chi connectivity index (χ0) is 14.6. The van der Waals surface area contributed by atoms with Crippen LogP contribution >= 0.6 is 0 Å². The van der Waals surface area contributed by atoms with Crippen LogP contribution in [0.15, 0.2) is 23.1 Å². The molecule has 1 aromatic carbocycles. The van der Waals surface area contributed by atoms with Gasteiger partial charge in [0.15, 0.2) is 9.84 Å². The maximum Gasteiger partial charge on any atom is 0.175 e. The van der Waals surface area contributed by atoms with Crippen molar-refractivity contribution in [3.05, 3.63) is 29.3 Å². The molecule has 1 aliphatic heterocycles. The lowest BCUT2D eigenvalue weighted by molar-refractivity contribution is 0.172. The number of hydrogen-bond acceptors (Lipinski definition) is 3. The average Bonchev–Trinajstić information content (AvgIpc) is 2.81. The first-order chi connectivity index (χ1) is 9.91. The van der Waals surface area contributed by atoms with Crippen LogP contribution in [-0.4, -0.2) is 32.7 Å². The second kappa shape index (κ2) is 3.38. The van der Waals surface area contributed by atoms with Gasteiger partial charge in [0.05, 0.1) is 10.4 Å². The first-order valence-corrected chi connectivity index (χ1v) is 9.88. The van der Waals surface area contributed by atoms with E-state index in [0.29, 0.717) is 4.90 Å². The number of likely N-dealkylation sites (N-methyl/N-ethyl adjacent to an activating group) is 1. The molecule has 5 atom stereocenters. The number of nitrogens with zero attached hydrogens (tertiary/aromatic N) is 1. The molecule has 3 nitrogen and oxygen atoms in total. The predicted octanol–water partition coefficient (Wildman–Crippen LogP) is 2.44. The van der Waals surface area contributed by atoms with Crippen LogP contribution in [0.5, 0.6) is 0 Å². The molecule has 5 rings (SSSR count). The highest BCUT2D eigenvalue weighted by Gasteiger charge is 2.80. The molecule has 0 aromatic heterocycles. The van der Waals surface area contributed by atoms with Gasteiger partial charge in [0, 0.05) is 17.7 Å². The zero-order valence-electron chi connectivity index (χ0n) is 12.6. The summed E-state index contributed by atoms with van der Waals surface area (Å²) in [5.41, 5.74) is 3.34. The number of sulfone groups is 1. The van der Waals surface area contributed by atoms with Gasteiger partial charge in [-0.1, -0.05) is 18.9 Å². The number of rotatable bonds is 1. The van der Waals surface area contributed by atoms with Crippen molar-refractivity contribution >= 4 is 9.84 Å². The van der Waals surface area contributed by atoms with Crippen molar-refractivity contribution in [2.75, 3.05) is 13.3 Å². The molecule has 2 saturated carbocycles. The molecule has 21 heavy (non-hydrogen) atoms. The minimum Gasteiger partial charge on any atom is -0.290 e. The van der Waals surface area contributed by atoms with Crippen molar-refractivity contribution in [2.24, 2.45) is 5.92 Å². The van der Waals surface area contributed by atoms with E-state index >= 15 is 0 Å². The molecule has 2 spiro atoms. The SMILES string of the molecule is CN1[C@@H]2[C@H]3CCCC[C@]34CC21c1ccc(S(C)(=O)=O)cc14. The third-order valence-corrected chi connectivity index (χ3v) is 8.06. The van der Waals surface area contributed by atoms with E-state index in [1.165, 1.54) is 49.5 Å². The Hall–Kier alpha value is -0.870. The maximum absolute atomic E-state index is 11.9. The number of fused-ring (bicyclic) bond motifs is 2. The fourth-order valence-corrected chi connectivity index (χ4v) is 6.82. The van der Waals surface area contributed by atoms with Gasteiger partial charge in [0.2, 0.25) is 0 Å². The summed E-state index contributed by atoms with van der Waals surface area (Å²) in [5.74, 6) is 0.749. The van der Waals surface area contributed by atoms with Gasteiger partial charge in [0.1, 0.15) is 0 Å². The molecule has 2 unspecified atom stereocenters. The van der Waals surface area contributed by atoms with Gasteiger partial charge in [-0.3, -0.25) is 4.90 Å². The molecule has 1 heterocycles. The van der Waals surface area contributed by atoms with Gasteiger partial charge in [-0.2, -0.15) is 0 Å². The average molecular weight is 303 g/mol. The van der Waals surface area contributed by atoms with Crippen molar-refractivity contribution in [3.8, 4) is 0 Å². The summed E-state index contributed by atoms with van der Waals surface area (Å²) in [6, 6.07) is 6.66. The highest BCUT2D eigenvalue weighted by molar-refractivity contribution is 7.90. The lowest BCUT2D eigenvalue weighted by Crippen LogP contribution is -2.38. The summed E-state index contributed by atoms with van der Waals surface area (Å²) >= 11 is 0. The third-order valence-electron chi connectivity index (χ3n) is 6.95. The van der Waals surface area contributed by atoms with Gasteiger partial charge in [0.25, 0.3) is 0 Å². The Bertz CT molecular complexity index is 771. The molecule has 3 fully saturated rings. The van der Waals surface area contributed by atoms with E-state index in [1.54, 1.807) is 0 Å². The monoisotopic (exact) mass is 303 g/mol. The van der Waals surface area contributed by atoms with E-state index in [0.717, 1.165) is 12.0 Å². The number of piperidine rings is 1. The Morgan fingerprint density at radius 2 is 2.05 bits per heavy atom. The molecular weight excluding hydrogens is 282 g/mol. The topological polar surface area (TPSA) is 37.1 Å². The third kappa shape index (κ3) is 1.21. The summed E-state index contributed by atoms with van der Waals surface area (Å²) in [5, 5.41) is 0. The Kier molecular flexibility index (Phi) is 2.04. The summed E-state index contributed by atoms with van der Waals surface area (Å²) in [4.78, 5) is 3.05. The van der Waals surface area contributed by atoms with Crippen LogP contribution in [0.3, 0.4) is 0 Å². The van der Waals surface area contributed by atoms with Crippen molar-refractivity contribution < 1.29 is 8.42 Å². The molecule has 1 aromatic rings. The summed E-state index contributed by atoms with van der Waals surface area (Å²) in [6.45, 7) is 0. The molecule has 2 bridgehead atoms. The first kappa shape index (κ1) is 12.7. The van der Waals surface area contributed by atoms with E-state index in [9.17, 15) is 8.42 Å². The number of benzene rings is 1. The number of likely N-dealkylation sites (tertiary alicyclic amines) is 1. The van der Waals surface area contributed by atoms with Crippen LogP contribution in [0.1, 0.15) is 43.2 Å². The van der Waals surface area contributed by atoms with Crippen LogP contribution < -0.4 is 0 Å². The van der Waals surface area contributed by atoms with Crippen molar-refractivity contribution in [1.82, 2.24) is 4.90 Å². The Morgan fingerprint density at radius 3 is 2.81 bits per heavy atom. The first-order valence-electron chi connectivity index (χ1n) is 7.99. The zero-order valence-corrected chi connectivity index (χ0v) is 13.4. The van der Waals surface area contributed by atoms with Gasteiger partial charge in [-0.25, -0.2) is 8.42 Å². The molecule has 112 valence electrons.